The molecule has 90 valence electrons. The summed E-state index contributed by atoms with van der Waals surface area (Å²) in [6.45, 7) is 6.50. The Labute approximate surface area is 102 Å². The van der Waals surface area contributed by atoms with Crippen molar-refractivity contribution in [2.75, 3.05) is 5.73 Å². The molecule has 1 heterocycles. The summed E-state index contributed by atoms with van der Waals surface area (Å²) in [5.41, 5.74) is 8.44. The molecular weight excluding hydrogens is 210 g/mol. The first-order valence-electron chi connectivity index (χ1n) is 5.98. The number of aromatic nitrogens is 2. The van der Waals surface area contributed by atoms with Gasteiger partial charge in [-0.3, -0.25) is 0 Å². The Hall–Kier alpha value is -1.77. The third-order valence-electron chi connectivity index (χ3n) is 3.15. The van der Waals surface area contributed by atoms with Crippen LogP contribution in [0.2, 0.25) is 0 Å². The van der Waals surface area contributed by atoms with Gasteiger partial charge in [0.15, 0.2) is 0 Å². The summed E-state index contributed by atoms with van der Waals surface area (Å²) in [5.74, 6) is 1.26. The maximum atomic E-state index is 5.86. The van der Waals surface area contributed by atoms with Crippen molar-refractivity contribution in [3.8, 4) is 0 Å². The van der Waals surface area contributed by atoms with Gasteiger partial charge in [0.05, 0.1) is 12.2 Å². The fourth-order valence-corrected chi connectivity index (χ4v) is 1.95. The van der Waals surface area contributed by atoms with Crippen LogP contribution in [0.4, 0.5) is 5.82 Å². The highest BCUT2D eigenvalue weighted by Crippen LogP contribution is 2.22. The lowest BCUT2D eigenvalue weighted by atomic mass is 10.00. The van der Waals surface area contributed by atoms with E-state index >= 15 is 0 Å². The second kappa shape index (κ2) is 4.62. The molecule has 0 aliphatic carbocycles. The smallest absolute Gasteiger partial charge is 0.122 e. The van der Waals surface area contributed by atoms with Gasteiger partial charge < -0.3 is 5.73 Å². The van der Waals surface area contributed by atoms with Gasteiger partial charge in [-0.2, -0.15) is 5.10 Å². The lowest BCUT2D eigenvalue weighted by Gasteiger charge is -2.15. The fourth-order valence-electron chi connectivity index (χ4n) is 1.95. The van der Waals surface area contributed by atoms with Crippen LogP contribution >= 0.6 is 0 Å². The van der Waals surface area contributed by atoms with Crippen molar-refractivity contribution in [3.63, 3.8) is 0 Å². The molecule has 0 fully saturated rings. The molecule has 0 radical (unpaired) electrons. The summed E-state index contributed by atoms with van der Waals surface area (Å²) in [4.78, 5) is 0. The molecule has 0 saturated heterocycles. The van der Waals surface area contributed by atoms with Gasteiger partial charge in [0.2, 0.25) is 0 Å². The molecule has 3 nitrogen and oxygen atoms in total. The summed E-state index contributed by atoms with van der Waals surface area (Å²) in [6, 6.07) is 10.7. The van der Waals surface area contributed by atoms with Crippen molar-refractivity contribution >= 4 is 5.82 Å². The van der Waals surface area contributed by atoms with Crippen LogP contribution in [0.3, 0.4) is 0 Å². The minimum atomic E-state index is 0.172. The SMILES string of the molecule is CC(C)c1ccc(C(C)n2nccc2N)cc1. The third kappa shape index (κ3) is 2.33. The van der Waals surface area contributed by atoms with Crippen molar-refractivity contribution in [2.24, 2.45) is 0 Å². The predicted molar refractivity (Wildman–Crippen MR) is 71.0 cm³/mol. The molecule has 2 aromatic rings. The second-order valence-corrected chi connectivity index (χ2v) is 4.70. The van der Waals surface area contributed by atoms with Crippen molar-refractivity contribution in [2.45, 2.75) is 32.7 Å². The van der Waals surface area contributed by atoms with Gasteiger partial charge >= 0.3 is 0 Å². The van der Waals surface area contributed by atoms with Gasteiger partial charge in [0, 0.05) is 0 Å². The number of nitrogen functional groups attached to an aromatic ring is 1. The second-order valence-electron chi connectivity index (χ2n) is 4.70. The minimum absolute atomic E-state index is 0.172. The zero-order valence-corrected chi connectivity index (χ0v) is 10.6. The molecule has 0 saturated carbocycles. The largest absolute Gasteiger partial charge is 0.384 e. The van der Waals surface area contributed by atoms with Crippen molar-refractivity contribution < 1.29 is 0 Å². The molecule has 0 aliphatic rings. The molecule has 0 aliphatic heterocycles. The average molecular weight is 229 g/mol. The first kappa shape index (κ1) is 11.7. The first-order chi connectivity index (χ1) is 8.09. The van der Waals surface area contributed by atoms with Crippen molar-refractivity contribution in [1.29, 1.82) is 0 Å². The van der Waals surface area contributed by atoms with Crippen molar-refractivity contribution in [3.05, 3.63) is 47.7 Å². The molecule has 0 amide bonds. The van der Waals surface area contributed by atoms with Crippen LogP contribution in [0.15, 0.2) is 36.5 Å². The van der Waals surface area contributed by atoms with Gasteiger partial charge in [0.1, 0.15) is 5.82 Å². The zero-order valence-electron chi connectivity index (χ0n) is 10.6. The van der Waals surface area contributed by atoms with Crippen LogP contribution in [0.1, 0.15) is 43.9 Å². The Morgan fingerprint density at radius 1 is 1.00 bits per heavy atom. The molecule has 1 atom stereocenters. The molecule has 0 bridgehead atoms. The summed E-state index contributed by atoms with van der Waals surface area (Å²) in [5, 5.41) is 4.24. The Morgan fingerprint density at radius 3 is 2.06 bits per heavy atom. The molecule has 17 heavy (non-hydrogen) atoms. The standard InChI is InChI=1S/C14H19N3/c1-10(2)12-4-6-13(7-5-12)11(3)17-14(15)8-9-16-17/h4-11H,15H2,1-3H3. The van der Waals surface area contributed by atoms with E-state index in [1.165, 1.54) is 11.1 Å². The Bertz CT molecular complexity index is 482. The number of benzene rings is 1. The molecule has 2 rings (SSSR count). The van der Waals surface area contributed by atoms with Crippen LogP contribution in [-0.2, 0) is 0 Å². The van der Waals surface area contributed by atoms with E-state index in [9.17, 15) is 0 Å². The average Bonchev–Trinajstić information content (AvgIpc) is 2.74. The minimum Gasteiger partial charge on any atom is -0.384 e. The number of hydrogen-bond donors (Lipinski definition) is 1. The highest BCUT2D eigenvalue weighted by atomic mass is 15.3. The van der Waals surface area contributed by atoms with E-state index in [1.54, 1.807) is 6.20 Å². The van der Waals surface area contributed by atoms with E-state index in [-0.39, 0.29) is 6.04 Å². The predicted octanol–water partition coefficient (Wildman–Crippen LogP) is 3.20. The van der Waals surface area contributed by atoms with Gasteiger partial charge in [0.25, 0.3) is 0 Å². The normalized spacial score (nSPS) is 12.9. The van der Waals surface area contributed by atoms with Gasteiger partial charge in [-0.05, 0) is 30.0 Å². The van der Waals surface area contributed by atoms with Gasteiger partial charge in [-0.25, -0.2) is 4.68 Å². The van der Waals surface area contributed by atoms with Crippen molar-refractivity contribution in [1.82, 2.24) is 9.78 Å². The van der Waals surface area contributed by atoms with E-state index < -0.39 is 0 Å². The molecule has 0 spiro atoms. The van der Waals surface area contributed by atoms with Crippen LogP contribution < -0.4 is 5.73 Å². The first-order valence-corrected chi connectivity index (χ1v) is 5.98. The number of nitrogens with two attached hydrogens (primary N) is 1. The van der Waals surface area contributed by atoms with Crippen LogP contribution in [0, 0.1) is 0 Å². The maximum absolute atomic E-state index is 5.86. The van der Waals surface area contributed by atoms with Gasteiger partial charge in [-0.15, -0.1) is 0 Å². The summed E-state index contributed by atoms with van der Waals surface area (Å²) in [6.07, 6.45) is 1.73. The monoisotopic (exact) mass is 229 g/mol. The highest BCUT2D eigenvalue weighted by molar-refractivity contribution is 5.32. The highest BCUT2D eigenvalue weighted by Gasteiger charge is 2.10. The van der Waals surface area contributed by atoms with Crippen LogP contribution in [-0.4, -0.2) is 9.78 Å². The Kier molecular flexibility index (Phi) is 3.18. The molecule has 1 unspecified atom stereocenters. The topological polar surface area (TPSA) is 43.8 Å². The molecular formula is C14H19N3. The molecule has 2 N–H and O–H groups in total. The number of rotatable bonds is 3. The maximum Gasteiger partial charge on any atom is 0.122 e. The Balaban J connectivity index is 2.26. The number of anilines is 1. The van der Waals surface area contributed by atoms with Gasteiger partial charge in [-0.1, -0.05) is 38.1 Å². The Morgan fingerprint density at radius 2 is 1.59 bits per heavy atom. The van der Waals surface area contributed by atoms with E-state index in [2.05, 4.69) is 50.1 Å². The quantitative estimate of drug-likeness (QED) is 0.878. The third-order valence-corrected chi connectivity index (χ3v) is 3.15. The van der Waals surface area contributed by atoms with Crippen LogP contribution in [0.5, 0.6) is 0 Å². The summed E-state index contributed by atoms with van der Waals surface area (Å²) in [7, 11) is 0. The number of hydrogen-bond acceptors (Lipinski definition) is 2. The number of nitrogens with zero attached hydrogens (tertiary/aromatic N) is 2. The summed E-state index contributed by atoms with van der Waals surface area (Å²) >= 11 is 0. The van der Waals surface area contributed by atoms with E-state index in [4.69, 9.17) is 5.73 Å². The molecule has 3 heteroatoms. The van der Waals surface area contributed by atoms with E-state index in [0.29, 0.717) is 11.7 Å². The van der Waals surface area contributed by atoms with E-state index in [0.717, 1.165) is 0 Å². The fraction of sp³-hybridized carbons (Fsp3) is 0.357. The molecule has 1 aromatic carbocycles. The lowest BCUT2D eigenvalue weighted by molar-refractivity contribution is 0.573. The van der Waals surface area contributed by atoms with Crippen LogP contribution in [0.25, 0.3) is 0 Å². The molecule has 1 aromatic heterocycles. The van der Waals surface area contributed by atoms with E-state index in [1.807, 2.05) is 10.7 Å². The summed E-state index contributed by atoms with van der Waals surface area (Å²) < 4.78 is 1.84. The zero-order chi connectivity index (χ0) is 12.4. The lowest BCUT2D eigenvalue weighted by Crippen LogP contribution is -2.11.